The van der Waals surface area contributed by atoms with Crippen molar-refractivity contribution >= 4 is 16.1 Å². The van der Waals surface area contributed by atoms with Crippen LogP contribution in [0.1, 0.15) is 50.3 Å². The summed E-state index contributed by atoms with van der Waals surface area (Å²) in [5.74, 6) is 0.365. The monoisotopic (exact) mass is 409 g/mol. The maximum absolute atomic E-state index is 13.0. The zero-order valence-corrected chi connectivity index (χ0v) is 18.2. The molecule has 1 N–H and O–H groups in total. The molecule has 0 saturated carbocycles. The van der Waals surface area contributed by atoms with Gasteiger partial charge in [-0.25, -0.2) is 0 Å². The minimum absolute atomic E-state index is 0.0891. The lowest BCUT2D eigenvalue weighted by Gasteiger charge is -2.39. The number of hydrogen-bond acceptors (Lipinski definition) is 4. The molecule has 1 saturated heterocycles. The molecular formula is C20H31N3O4S. The number of fused-ring (bicyclic) bond motifs is 1. The van der Waals surface area contributed by atoms with Crippen LogP contribution in [0.2, 0.25) is 0 Å². The Balaban J connectivity index is 1.77. The van der Waals surface area contributed by atoms with Gasteiger partial charge in [-0.05, 0) is 39.7 Å². The number of aryl methyl sites for hydroxylation is 1. The molecule has 0 aromatic heterocycles. The largest absolute Gasteiger partial charge is 0.487 e. The Labute approximate surface area is 168 Å². The number of carbonyl (C=O) groups is 1. The molecule has 2 atom stereocenters. The summed E-state index contributed by atoms with van der Waals surface area (Å²) in [5.41, 5.74) is 1.72. The van der Waals surface area contributed by atoms with Crippen LogP contribution in [0.4, 0.5) is 0 Å². The Morgan fingerprint density at radius 2 is 2.04 bits per heavy atom. The molecule has 0 aliphatic carbocycles. The van der Waals surface area contributed by atoms with Gasteiger partial charge in [0.05, 0.1) is 12.0 Å². The van der Waals surface area contributed by atoms with Crippen LogP contribution in [0, 0.1) is 12.8 Å². The molecule has 156 valence electrons. The maximum Gasteiger partial charge on any atom is 0.281 e. The van der Waals surface area contributed by atoms with Crippen LogP contribution in [0.5, 0.6) is 5.75 Å². The lowest BCUT2D eigenvalue weighted by atomic mass is 9.88. The molecule has 0 radical (unpaired) electrons. The number of ether oxygens (including phenoxy) is 1. The van der Waals surface area contributed by atoms with Crippen molar-refractivity contribution in [3.05, 3.63) is 29.3 Å². The quantitative estimate of drug-likeness (QED) is 0.827. The van der Waals surface area contributed by atoms with Gasteiger partial charge in [-0.15, -0.1) is 0 Å². The molecule has 2 aliphatic heterocycles. The highest BCUT2D eigenvalue weighted by atomic mass is 32.2. The summed E-state index contributed by atoms with van der Waals surface area (Å²) in [6.45, 7) is 6.72. The van der Waals surface area contributed by atoms with Crippen LogP contribution in [0.25, 0.3) is 0 Å². The van der Waals surface area contributed by atoms with Gasteiger partial charge in [0.1, 0.15) is 11.4 Å². The molecule has 3 rings (SSSR count). The molecule has 0 bridgehead atoms. The molecule has 0 spiro atoms. The van der Waals surface area contributed by atoms with E-state index >= 15 is 0 Å². The smallest absolute Gasteiger partial charge is 0.281 e. The van der Waals surface area contributed by atoms with Crippen molar-refractivity contribution in [2.75, 3.05) is 27.2 Å². The number of nitrogens with one attached hydrogen (secondary N) is 1. The van der Waals surface area contributed by atoms with Crippen LogP contribution in [-0.4, -0.2) is 55.7 Å². The van der Waals surface area contributed by atoms with Crippen LogP contribution in [-0.2, 0) is 15.0 Å². The summed E-state index contributed by atoms with van der Waals surface area (Å²) in [6, 6.07) is 5.87. The Morgan fingerprint density at radius 1 is 1.32 bits per heavy atom. The molecule has 8 heteroatoms. The molecule has 0 unspecified atom stereocenters. The minimum Gasteiger partial charge on any atom is -0.487 e. The van der Waals surface area contributed by atoms with E-state index in [-0.39, 0.29) is 30.0 Å². The maximum atomic E-state index is 13.0. The third-order valence-corrected chi connectivity index (χ3v) is 7.39. The number of carbonyl (C=O) groups excluding carboxylic acids is 1. The van der Waals surface area contributed by atoms with Crippen molar-refractivity contribution in [1.82, 2.24) is 13.9 Å². The standard InChI is InChI=1S/C20H31N3O4S/c1-14-8-9-18-16(11-14)17(12-20(2,3)27-18)21-19(24)15-7-6-10-23(13-15)28(25,26)22(4)5/h8-9,11,15,17H,6-7,10,12-13H2,1-5H3,(H,21,24)/t15-,17-/m0/s1. The fraction of sp³-hybridized carbons (Fsp3) is 0.650. The molecule has 7 nitrogen and oxygen atoms in total. The predicted octanol–water partition coefficient (Wildman–Crippen LogP) is 2.23. The fourth-order valence-electron chi connectivity index (χ4n) is 3.99. The predicted molar refractivity (Wildman–Crippen MR) is 108 cm³/mol. The van der Waals surface area contributed by atoms with Gasteiger partial charge in [0, 0.05) is 39.2 Å². The van der Waals surface area contributed by atoms with Crippen LogP contribution >= 0.6 is 0 Å². The third kappa shape index (κ3) is 4.34. The lowest BCUT2D eigenvalue weighted by molar-refractivity contribution is -0.127. The number of rotatable bonds is 4. The van der Waals surface area contributed by atoms with Gasteiger partial charge in [0.15, 0.2) is 0 Å². The van der Waals surface area contributed by atoms with E-state index in [4.69, 9.17) is 4.74 Å². The van der Waals surface area contributed by atoms with E-state index in [0.717, 1.165) is 16.9 Å². The Morgan fingerprint density at radius 3 is 2.71 bits per heavy atom. The molecule has 1 aromatic carbocycles. The van der Waals surface area contributed by atoms with Gasteiger partial charge in [-0.3, -0.25) is 4.79 Å². The summed E-state index contributed by atoms with van der Waals surface area (Å²) < 4.78 is 33.6. The van der Waals surface area contributed by atoms with E-state index < -0.39 is 10.2 Å². The summed E-state index contributed by atoms with van der Waals surface area (Å²) in [5, 5.41) is 3.17. The first-order valence-electron chi connectivity index (χ1n) is 9.77. The van der Waals surface area contributed by atoms with E-state index in [0.29, 0.717) is 25.8 Å². The molecule has 28 heavy (non-hydrogen) atoms. The molecule has 2 heterocycles. The normalized spacial score (nSPS) is 25.1. The van der Waals surface area contributed by atoms with E-state index in [1.807, 2.05) is 32.9 Å². The highest BCUT2D eigenvalue weighted by Gasteiger charge is 2.38. The summed E-state index contributed by atoms with van der Waals surface area (Å²) in [7, 11) is -0.473. The highest BCUT2D eigenvalue weighted by molar-refractivity contribution is 7.86. The second-order valence-electron chi connectivity index (χ2n) is 8.66. The van der Waals surface area contributed by atoms with Gasteiger partial charge in [-0.2, -0.15) is 17.0 Å². The first-order chi connectivity index (χ1) is 13.0. The van der Waals surface area contributed by atoms with Gasteiger partial charge in [0.25, 0.3) is 10.2 Å². The van der Waals surface area contributed by atoms with E-state index in [9.17, 15) is 13.2 Å². The number of hydrogen-bond donors (Lipinski definition) is 1. The summed E-state index contributed by atoms with van der Waals surface area (Å²) >= 11 is 0. The first-order valence-corrected chi connectivity index (χ1v) is 11.2. The van der Waals surface area contributed by atoms with Gasteiger partial charge in [-0.1, -0.05) is 17.7 Å². The Bertz CT molecular complexity index is 851. The second kappa shape index (κ2) is 7.65. The highest BCUT2D eigenvalue weighted by Crippen LogP contribution is 2.40. The van der Waals surface area contributed by atoms with Gasteiger partial charge >= 0.3 is 0 Å². The van der Waals surface area contributed by atoms with Gasteiger partial charge in [0.2, 0.25) is 5.91 Å². The fourth-order valence-corrected chi connectivity index (χ4v) is 5.18. The summed E-state index contributed by atoms with van der Waals surface area (Å²) in [4.78, 5) is 13.0. The first kappa shape index (κ1) is 21.1. The Kier molecular flexibility index (Phi) is 5.76. The third-order valence-electron chi connectivity index (χ3n) is 5.48. The van der Waals surface area contributed by atoms with Crippen molar-refractivity contribution in [3.8, 4) is 5.75 Å². The molecule has 2 aliphatic rings. The van der Waals surface area contributed by atoms with Crippen molar-refractivity contribution in [2.24, 2.45) is 5.92 Å². The average molecular weight is 410 g/mol. The molecule has 1 fully saturated rings. The lowest BCUT2D eigenvalue weighted by Crippen LogP contribution is -2.50. The van der Waals surface area contributed by atoms with Crippen molar-refractivity contribution in [3.63, 3.8) is 0 Å². The SMILES string of the molecule is Cc1ccc2c(c1)[C@@H](NC(=O)[C@H]1CCCN(S(=O)(=O)N(C)C)C1)CC(C)(C)O2. The van der Waals surface area contributed by atoms with Crippen molar-refractivity contribution in [1.29, 1.82) is 0 Å². The van der Waals surface area contributed by atoms with Gasteiger partial charge < -0.3 is 10.1 Å². The zero-order chi connectivity index (χ0) is 20.7. The number of benzene rings is 1. The topological polar surface area (TPSA) is 79.0 Å². The molecule has 1 amide bonds. The number of nitrogens with zero attached hydrogens (tertiary/aromatic N) is 2. The Hall–Kier alpha value is -1.64. The van der Waals surface area contributed by atoms with E-state index in [1.54, 1.807) is 0 Å². The van der Waals surface area contributed by atoms with E-state index in [1.165, 1.54) is 22.7 Å². The minimum atomic E-state index is -3.51. The molecular weight excluding hydrogens is 378 g/mol. The van der Waals surface area contributed by atoms with Crippen LogP contribution < -0.4 is 10.1 Å². The van der Waals surface area contributed by atoms with Crippen molar-refractivity contribution < 1.29 is 17.9 Å². The molecule has 1 aromatic rings. The zero-order valence-electron chi connectivity index (χ0n) is 17.4. The van der Waals surface area contributed by atoms with Crippen molar-refractivity contribution in [2.45, 2.75) is 51.7 Å². The summed E-state index contributed by atoms with van der Waals surface area (Å²) in [6.07, 6.45) is 2.04. The van der Waals surface area contributed by atoms with Crippen LogP contribution in [0.3, 0.4) is 0 Å². The van der Waals surface area contributed by atoms with E-state index in [2.05, 4.69) is 11.4 Å². The number of amides is 1. The second-order valence-corrected chi connectivity index (χ2v) is 10.8. The average Bonchev–Trinajstić information content (AvgIpc) is 2.61. The van der Waals surface area contributed by atoms with Crippen LogP contribution in [0.15, 0.2) is 18.2 Å². The number of piperidine rings is 1.